The maximum atomic E-state index is 11.2. The largest absolute Gasteiger partial charge is 0.478 e. The zero-order valence-corrected chi connectivity index (χ0v) is 11.3. The van der Waals surface area contributed by atoms with Crippen LogP contribution in [0.4, 0.5) is 5.69 Å². The van der Waals surface area contributed by atoms with Crippen LogP contribution in [0.15, 0.2) is 36.4 Å². The second kappa shape index (κ2) is 5.74. The van der Waals surface area contributed by atoms with E-state index in [-0.39, 0.29) is 0 Å². The molecule has 0 spiro atoms. The first-order valence-electron chi connectivity index (χ1n) is 6.69. The van der Waals surface area contributed by atoms with Crippen molar-refractivity contribution in [2.24, 2.45) is 0 Å². The van der Waals surface area contributed by atoms with Crippen molar-refractivity contribution >= 4 is 22.4 Å². The van der Waals surface area contributed by atoms with Crippen molar-refractivity contribution in [3.8, 4) is 0 Å². The van der Waals surface area contributed by atoms with Gasteiger partial charge in [-0.2, -0.15) is 0 Å². The molecule has 0 fully saturated rings. The molecule has 0 atom stereocenters. The normalized spacial score (nSPS) is 10.9. The second-order valence-electron chi connectivity index (χ2n) is 4.67. The van der Waals surface area contributed by atoms with Crippen molar-refractivity contribution < 1.29 is 9.90 Å². The molecular formula is C16H19NO2. The summed E-state index contributed by atoms with van der Waals surface area (Å²) >= 11 is 0. The Hall–Kier alpha value is -2.03. The van der Waals surface area contributed by atoms with Gasteiger partial charge in [0.1, 0.15) is 0 Å². The van der Waals surface area contributed by atoms with E-state index in [1.165, 1.54) is 0 Å². The van der Waals surface area contributed by atoms with Crippen LogP contribution in [-0.2, 0) is 0 Å². The summed E-state index contributed by atoms with van der Waals surface area (Å²) in [5.41, 5.74) is 1.36. The van der Waals surface area contributed by atoms with Gasteiger partial charge in [0.2, 0.25) is 0 Å². The number of carboxylic acid groups (broad SMARTS) is 1. The molecule has 2 rings (SSSR count). The molecule has 0 aliphatic rings. The summed E-state index contributed by atoms with van der Waals surface area (Å²) in [6.45, 7) is 4.30. The standard InChI is InChI=1S/C16H19NO2/c1-3-11(4-2)17-15-10-9-14(16(18)19)12-7-5-6-8-13(12)15/h5-11,17H,3-4H2,1-2H3,(H,18,19). The number of nitrogens with one attached hydrogen (secondary N) is 1. The zero-order chi connectivity index (χ0) is 13.8. The SMILES string of the molecule is CCC(CC)Nc1ccc(C(=O)O)c2ccccc12. The Morgan fingerprint density at radius 2 is 1.74 bits per heavy atom. The van der Waals surface area contributed by atoms with Gasteiger partial charge < -0.3 is 10.4 Å². The third kappa shape index (κ3) is 2.70. The lowest BCUT2D eigenvalue weighted by molar-refractivity contribution is 0.0699. The first kappa shape index (κ1) is 13.4. The number of hydrogen-bond donors (Lipinski definition) is 2. The van der Waals surface area contributed by atoms with Crippen LogP contribution in [0.2, 0.25) is 0 Å². The molecule has 0 amide bonds. The highest BCUT2D eigenvalue weighted by Gasteiger charge is 2.12. The van der Waals surface area contributed by atoms with Crippen molar-refractivity contribution in [3.05, 3.63) is 42.0 Å². The molecule has 0 unspecified atom stereocenters. The average molecular weight is 257 g/mol. The van der Waals surface area contributed by atoms with E-state index in [0.29, 0.717) is 11.6 Å². The molecule has 3 heteroatoms. The van der Waals surface area contributed by atoms with E-state index in [1.54, 1.807) is 6.07 Å². The third-order valence-electron chi connectivity index (χ3n) is 3.50. The molecule has 2 aromatic rings. The van der Waals surface area contributed by atoms with Crippen molar-refractivity contribution in [3.63, 3.8) is 0 Å². The lowest BCUT2D eigenvalue weighted by Crippen LogP contribution is -2.17. The Bertz CT molecular complexity index is 588. The number of fused-ring (bicyclic) bond motifs is 1. The van der Waals surface area contributed by atoms with Gasteiger partial charge >= 0.3 is 5.97 Å². The maximum Gasteiger partial charge on any atom is 0.336 e. The van der Waals surface area contributed by atoms with Crippen LogP contribution >= 0.6 is 0 Å². The Kier molecular flexibility index (Phi) is 4.05. The number of hydrogen-bond acceptors (Lipinski definition) is 2. The minimum atomic E-state index is -0.884. The lowest BCUT2D eigenvalue weighted by atomic mass is 10.0. The molecule has 0 aliphatic heterocycles. The summed E-state index contributed by atoms with van der Waals surface area (Å²) in [4.78, 5) is 11.2. The second-order valence-corrected chi connectivity index (χ2v) is 4.67. The van der Waals surface area contributed by atoms with Gasteiger partial charge in [-0.3, -0.25) is 0 Å². The number of benzene rings is 2. The van der Waals surface area contributed by atoms with Crippen LogP contribution in [0.25, 0.3) is 10.8 Å². The molecule has 3 nitrogen and oxygen atoms in total. The zero-order valence-electron chi connectivity index (χ0n) is 11.3. The minimum absolute atomic E-state index is 0.352. The molecule has 0 aromatic heterocycles. The van der Waals surface area contributed by atoms with E-state index in [0.717, 1.165) is 29.3 Å². The van der Waals surface area contributed by atoms with Gasteiger partial charge in [0, 0.05) is 17.1 Å². The van der Waals surface area contributed by atoms with Crippen LogP contribution < -0.4 is 5.32 Å². The molecule has 0 bridgehead atoms. The number of anilines is 1. The fraction of sp³-hybridized carbons (Fsp3) is 0.312. The summed E-state index contributed by atoms with van der Waals surface area (Å²) in [7, 11) is 0. The Morgan fingerprint density at radius 1 is 1.11 bits per heavy atom. The first-order chi connectivity index (χ1) is 9.17. The van der Waals surface area contributed by atoms with Crippen LogP contribution in [0.3, 0.4) is 0 Å². The number of rotatable bonds is 5. The van der Waals surface area contributed by atoms with E-state index in [2.05, 4.69) is 19.2 Å². The van der Waals surface area contributed by atoms with E-state index in [4.69, 9.17) is 0 Å². The molecule has 2 N–H and O–H groups in total. The highest BCUT2D eigenvalue weighted by molar-refractivity contribution is 6.07. The smallest absolute Gasteiger partial charge is 0.336 e. The summed E-state index contributed by atoms with van der Waals surface area (Å²) in [5, 5.41) is 14.5. The number of carbonyl (C=O) groups is 1. The van der Waals surface area contributed by atoms with Gasteiger partial charge in [-0.25, -0.2) is 4.79 Å². The van der Waals surface area contributed by atoms with Crippen LogP contribution in [0.1, 0.15) is 37.0 Å². The molecule has 2 aromatic carbocycles. The number of carboxylic acids is 1. The molecule has 0 saturated heterocycles. The Balaban J connectivity index is 2.52. The van der Waals surface area contributed by atoms with Crippen LogP contribution in [0.5, 0.6) is 0 Å². The van der Waals surface area contributed by atoms with E-state index in [1.807, 2.05) is 30.3 Å². The molecule has 0 heterocycles. The minimum Gasteiger partial charge on any atom is -0.478 e. The monoisotopic (exact) mass is 257 g/mol. The topological polar surface area (TPSA) is 49.3 Å². The predicted molar refractivity (Wildman–Crippen MR) is 78.9 cm³/mol. The molecule has 100 valence electrons. The molecular weight excluding hydrogens is 238 g/mol. The Labute approximate surface area is 113 Å². The van der Waals surface area contributed by atoms with Gasteiger partial charge in [-0.15, -0.1) is 0 Å². The van der Waals surface area contributed by atoms with Crippen molar-refractivity contribution in [2.75, 3.05) is 5.32 Å². The molecule has 19 heavy (non-hydrogen) atoms. The molecule has 0 aliphatic carbocycles. The van der Waals surface area contributed by atoms with E-state index in [9.17, 15) is 9.90 Å². The number of aromatic carboxylic acids is 1. The van der Waals surface area contributed by atoms with Crippen molar-refractivity contribution in [1.29, 1.82) is 0 Å². The highest BCUT2D eigenvalue weighted by atomic mass is 16.4. The van der Waals surface area contributed by atoms with Gasteiger partial charge in [0.25, 0.3) is 0 Å². The average Bonchev–Trinajstić information content (AvgIpc) is 2.44. The van der Waals surface area contributed by atoms with Gasteiger partial charge in [-0.1, -0.05) is 38.1 Å². The molecule has 0 radical (unpaired) electrons. The van der Waals surface area contributed by atoms with Crippen molar-refractivity contribution in [2.45, 2.75) is 32.7 Å². The lowest BCUT2D eigenvalue weighted by Gasteiger charge is -2.18. The quantitative estimate of drug-likeness (QED) is 0.846. The summed E-state index contributed by atoms with van der Waals surface area (Å²) in [6, 6.07) is 11.6. The molecule has 0 saturated carbocycles. The summed E-state index contributed by atoms with van der Waals surface area (Å²) in [5.74, 6) is -0.884. The fourth-order valence-corrected chi connectivity index (χ4v) is 2.32. The predicted octanol–water partition coefficient (Wildman–Crippen LogP) is 4.14. The van der Waals surface area contributed by atoms with Crippen LogP contribution in [0, 0.1) is 0 Å². The first-order valence-corrected chi connectivity index (χ1v) is 6.69. The van der Waals surface area contributed by atoms with Gasteiger partial charge in [0.15, 0.2) is 0 Å². The maximum absolute atomic E-state index is 11.2. The fourth-order valence-electron chi connectivity index (χ4n) is 2.32. The van der Waals surface area contributed by atoms with E-state index >= 15 is 0 Å². The third-order valence-corrected chi connectivity index (χ3v) is 3.50. The Morgan fingerprint density at radius 3 is 2.32 bits per heavy atom. The van der Waals surface area contributed by atoms with Crippen LogP contribution in [-0.4, -0.2) is 17.1 Å². The van der Waals surface area contributed by atoms with Crippen molar-refractivity contribution in [1.82, 2.24) is 0 Å². The summed E-state index contributed by atoms with van der Waals surface area (Å²) < 4.78 is 0. The summed E-state index contributed by atoms with van der Waals surface area (Å²) in [6.07, 6.45) is 2.09. The van der Waals surface area contributed by atoms with Gasteiger partial charge in [-0.05, 0) is 30.4 Å². The highest BCUT2D eigenvalue weighted by Crippen LogP contribution is 2.27. The van der Waals surface area contributed by atoms with Gasteiger partial charge in [0.05, 0.1) is 5.56 Å². The van der Waals surface area contributed by atoms with E-state index < -0.39 is 5.97 Å².